The van der Waals surface area contributed by atoms with Crippen molar-refractivity contribution in [3.8, 4) is 0 Å². The SMILES string of the molecule is COCC(CCO)NCC(C(=O)OC)c1ccccc1. The van der Waals surface area contributed by atoms with Gasteiger partial charge in [-0.3, -0.25) is 4.79 Å². The van der Waals surface area contributed by atoms with Crippen LogP contribution in [0.25, 0.3) is 0 Å². The number of rotatable bonds is 9. The maximum Gasteiger partial charge on any atom is 0.314 e. The first-order chi connectivity index (χ1) is 9.72. The Bertz CT molecular complexity index is 377. The van der Waals surface area contributed by atoms with Gasteiger partial charge in [0, 0.05) is 26.3 Å². The predicted molar refractivity (Wildman–Crippen MR) is 76.6 cm³/mol. The Kier molecular flexibility index (Phi) is 7.87. The summed E-state index contributed by atoms with van der Waals surface area (Å²) in [7, 11) is 3.00. The molecule has 20 heavy (non-hydrogen) atoms. The molecule has 0 amide bonds. The summed E-state index contributed by atoms with van der Waals surface area (Å²) >= 11 is 0. The van der Waals surface area contributed by atoms with Crippen molar-refractivity contribution in [2.45, 2.75) is 18.4 Å². The Morgan fingerprint density at radius 1 is 1.30 bits per heavy atom. The van der Waals surface area contributed by atoms with Gasteiger partial charge in [-0.2, -0.15) is 0 Å². The third-order valence-corrected chi connectivity index (χ3v) is 3.14. The van der Waals surface area contributed by atoms with Crippen LogP contribution in [0.3, 0.4) is 0 Å². The first kappa shape index (κ1) is 16.6. The number of aliphatic hydroxyl groups is 1. The second-order valence-electron chi connectivity index (χ2n) is 4.56. The minimum Gasteiger partial charge on any atom is -0.469 e. The van der Waals surface area contributed by atoms with E-state index in [4.69, 9.17) is 14.6 Å². The standard InChI is InChI=1S/C15H23NO4/c1-19-11-13(8-9-17)16-10-14(15(18)20-2)12-6-4-3-5-7-12/h3-7,13-14,16-17H,8-11H2,1-2H3. The van der Waals surface area contributed by atoms with Crippen molar-refractivity contribution in [1.82, 2.24) is 5.32 Å². The van der Waals surface area contributed by atoms with Crippen molar-refractivity contribution in [2.24, 2.45) is 0 Å². The van der Waals surface area contributed by atoms with Crippen molar-refractivity contribution < 1.29 is 19.4 Å². The van der Waals surface area contributed by atoms with Crippen LogP contribution in [0.2, 0.25) is 0 Å². The van der Waals surface area contributed by atoms with Crippen LogP contribution in [-0.2, 0) is 14.3 Å². The molecule has 5 nitrogen and oxygen atoms in total. The minimum atomic E-state index is -0.362. The van der Waals surface area contributed by atoms with E-state index in [1.807, 2.05) is 30.3 Å². The third kappa shape index (κ3) is 5.28. The molecule has 2 N–H and O–H groups in total. The summed E-state index contributed by atoms with van der Waals surface area (Å²) in [6, 6.07) is 9.52. The second-order valence-corrected chi connectivity index (χ2v) is 4.56. The average Bonchev–Trinajstić information content (AvgIpc) is 2.48. The fourth-order valence-corrected chi connectivity index (χ4v) is 2.05. The van der Waals surface area contributed by atoms with Gasteiger partial charge in [0.25, 0.3) is 0 Å². The molecule has 2 atom stereocenters. The zero-order valence-corrected chi connectivity index (χ0v) is 12.0. The molecule has 0 spiro atoms. The summed E-state index contributed by atoms with van der Waals surface area (Å²) in [5, 5.41) is 12.3. The molecule has 2 unspecified atom stereocenters. The molecule has 0 bridgehead atoms. The molecule has 0 saturated carbocycles. The van der Waals surface area contributed by atoms with Gasteiger partial charge in [0.05, 0.1) is 19.6 Å². The number of benzene rings is 1. The lowest BCUT2D eigenvalue weighted by Gasteiger charge is -2.21. The van der Waals surface area contributed by atoms with E-state index in [0.29, 0.717) is 19.6 Å². The number of hydrogen-bond acceptors (Lipinski definition) is 5. The first-order valence-electron chi connectivity index (χ1n) is 6.68. The largest absolute Gasteiger partial charge is 0.469 e. The predicted octanol–water partition coefficient (Wildman–Crippen LogP) is 0.930. The fourth-order valence-electron chi connectivity index (χ4n) is 2.05. The Morgan fingerprint density at radius 2 is 2.00 bits per heavy atom. The van der Waals surface area contributed by atoms with E-state index in [9.17, 15) is 4.79 Å². The quantitative estimate of drug-likeness (QED) is 0.659. The van der Waals surface area contributed by atoms with Gasteiger partial charge in [0.15, 0.2) is 0 Å². The van der Waals surface area contributed by atoms with Crippen LogP contribution in [0.1, 0.15) is 17.9 Å². The number of carbonyl (C=O) groups is 1. The molecule has 0 aliphatic carbocycles. The van der Waals surface area contributed by atoms with Gasteiger partial charge in [-0.1, -0.05) is 30.3 Å². The van der Waals surface area contributed by atoms with Crippen LogP contribution in [-0.4, -0.2) is 51.1 Å². The zero-order valence-electron chi connectivity index (χ0n) is 12.0. The topological polar surface area (TPSA) is 67.8 Å². The molecular formula is C15H23NO4. The van der Waals surface area contributed by atoms with Crippen LogP contribution < -0.4 is 5.32 Å². The molecule has 0 aromatic heterocycles. The molecule has 1 rings (SSSR count). The molecule has 1 aromatic carbocycles. The molecule has 5 heteroatoms. The minimum absolute atomic E-state index is 0.0147. The molecule has 0 saturated heterocycles. The van der Waals surface area contributed by atoms with Crippen molar-refractivity contribution in [3.63, 3.8) is 0 Å². The maximum atomic E-state index is 11.9. The Labute approximate surface area is 119 Å². The summed E-state index contributed by atoms with van der Waals surface area (Å²) in [6.07, 6.45) is 0.580. The number of methoxy groups -OCH3 is 2. The average molecular weight is 281 g/mol. The van der Waals surface area contributed by atoms with E-state index in [2.05, 4.69) is 5.32 Å². The van der Waals surface area contributed by atoms with Gasteiger partial charge in [-0.15, -0.1) is 0 Å². The number of ether oxygens (including phenoxy) is 2. The van der Waals surface area contributed by atoms with Crippen molar-refractivity contribution >= 4 is 5.97 Å². The van der Waals surface area contributed by atoms with Gasteiger partial charge in [-0.25, -0.2) is 0 Å². The van der Waals surface area contributed by atoms with Crippen molar-refractivity contribution in [1.29, 1.82) is 0 Å². The fraction of sp³-hybridized carbons (Fsp3) is 0.533. The van der Waals surface area contributed by atoms with Gasteiger partial charge < -0.3 is 19.9 Å². The van der Waals surface area contributed by atoms with Crippen LogP contribution in [0, 0.1) is 0 Å². The van der Waals surface area contributed by atoms with Crippen molar-refractivity contribution in [2.75, 3.05) is 34.0 Å². The molecule has 0 aliphatic heterocycles. The van der Waals surface area contributed by atoms with E-state index >= 15 is 0 Å². The van der Waals surface area contributed by atoms with Crippen LogP contribution in [0.5, 0.6) is 0 Å². The normalized spacial score (nSPS) is 13.8. The highest BCUT2D eigenvalue weighted by molar-refractivity contribution is 5.78. The Balaban J connectivity index is 2.68. The monoisotopic (exact) mass is 281 g/mol. The zero-order chi connectivity index (χ0) is 14.8. The second kappa shape index (κ2) is 9.47. The molecule has 112 valence electrons. The lowest BCUT2D eigenvalue weighted by molar-refractivity contribution is -0.142. The number of aliphatic hydroxyl groups excluding tert-OH is 1. The number of esters is 1. The lowest BCUT2D eigenvalue weighted by Crippen LogP contribution is -2.38. The summed E-state index contributed by atoms with van der Waals surface area (Å²) < 4.78 is 9.95. The molecule has 0 fully saturated rings. The molecule has 0 radical (unpaired) electrons. The lowest BCUT2D eigenvalue weighted by atomic mass is 9.99. The number of hydrogen-bond donors (Lipinski definition) is 2. The summed E-state index contributed by atoms with van der Waals surface area (Å²) in [4.78, 5) is 11.9. The smallest absolute Gasteiger partial charge is 0.314 e. The molecule has 0 aliphatic rings. The molecule has 0 heterocycles. The van der Waals surface area contributed by atoms with Crippen LogP contribution in [0.4, 0.5) is 0 Å². The van der Waals surface area contributed by atoms with Crippen molar-refractivity contribution in [3.05, 3.63) is 35.9 Å². The van der Waals surface area contributed by atoms with Crippen LogP contribution in [0.15, 0.2) is 30.3 Å². The summed E-state index contributed by atoms with van der Waals surface area (Å²) in [5.74, 6) is -0.636. The van der Waals surface area contributed by atoms with E-state index < -0.39 is 0 Å². The molecular weight excluding hydrogens is 258 g/mol. The van der Waals surface area contributed by atoms with E-state index in [1.165, 1.54) is 7.11 Å². The first-order valence-corrected chi connectivity index (χ1v) is 6.68. The third-order valence-electron chi connectivity index (χ3n) is 3.14. The van der Waals surface area contributed by atoms with Gasteiger partial charge in [-0.05, 0) is 12.0 Å². The Morgan fingerprint density at radius 3 is 2.55 bits per heavy atom. The summed E-state index contributed by atoms with van der Waals surface area (Å²) in [6.45, 7) is 1.02. The maximum absolute atomic E-state index is 11.9. The Hall–Kier alpha value is -1.43. The number of carbonyl (C=O) groups excluding carboxylic acids is 1. The highest BCUT2D eigenvalue weighted by atomic mass is 16.5. The van der Waals surface area contributed by atoms with E-state index in [1.54, 1.807) is 7.11 Å². The van der Waals surface area contributed by atoms with E-state index in [-0.39, 0.29) is 24.5 Å². The number of nitrogens with one attached hydrogen (secondary N) is 1. The van der Waals surface area contributed by atoms with Gasteiger partial charge in [0.2, 0.25) is 0 Å². The van der Waals surface area contributed by atoms with E-state index in [0.717, 1.165) is 5.56 Å². The van der Waals surface area contributed by atoms with Gasteiger partial charge in [0.1, 0.15) is 0 Å². The van der Waals surface area contributed by atoms with Gasteiger partial charge >= 0.3 is 5.97 Å². The summed E-state index contributed by atoms with van der Waals surface area (Å²) in [5.41, 5.74) is 0.909. The molecule has 1 aromatic rings. The highest BCUT2D eigenvalue weighted by Gasteiger charge is 2.22. The highest BCUT2D eigenvalue weighted by Crippen LogP contribution is 2.16. The van der Waals surface area contributed by atoms with Crippen LogP contribution >= 0.6 is 0 Å².